The standard InChI is InChI=1S/C16H19ClN4O/c1-4-11(3)20-15-9-18-14(8-19-15)16(22)21-13-6-5-12(17)7-10(13)2/h5-9,11H,4H2,1-3H3,(H,19,20)(H,21,22). The lowest BCUT2D eigenvalue weighted by atomic mass is 10.2. The molecule has 0 fully saturated rings. The minimum atomic E-state index is -0.298. The third-order valence-corrected chi connectivity index (χ3v) is 3.56. The first-order chi connectivity index (χ1) is 10.5. The molecule has 0 aliphatic rings. The molecule has 22 heavy (non-hydrogen) atoms. The van der Waals surface area contributed by atoms with Gasteiger partial charge in [-0.2, -0.15) is 0 Å². The van der Waals surface area contributed by atoms with E-state index in [0.29, 0.717) is 22.6 Å². The zero-order chi connectivity index (χ0) is 16.1. The lowest BCUT2D eigenvalue weighted by Gasteiger charge is -2.12. The number of carbonyl (C=O) groups excluding carboxylic acids is 1. The molecule has 0 radical (unpaired) electrons. The number of carbonyl (C=O) groups is 1. The van der Waals surface area contributed by atoms with Gasteiger partial charge in [0.2, 0.25) is 0 Å². The van der Waals surface area contributed by atoms with Crippen molar-refractivity contribution in [2.75, 3.05) is 10.6 Å². The molecule has 0 spiro atoms. The van der Waals surface area contributed by atoms with E-state index in [1.54, 1.807) is 24.4 Å². The quantitative estimate of drug-likeness (QED) is 0.877. The maximum atomic E-state index is 12.2. The molecule has 6 heteroatoms. The van der Waals surface area contributed by atoms with Gasteiger partial charge in [-0.05, 0) is 44.0 Å². The molecule has 1 aromatic carbocycles. The highest BCUT2D eigenvalue weighted by molar-refractivity contribution is 6.30. The van der Waals surface area contributed by atoms with Crippen molar-refractivity contribution in [2.24, 2.45) is 0 Å². The zero-order valence-corrected chi connectivity index (χ0v) is 13.6. The van der Waals surface area contributed by atoms with Gasteiger partial charge >= 0.3 is 0 Å². The third-order valence-electron chi connectivity index (χ3n) is 3.33. The molecule has 1 aromatic heterocycles. The minimum absolute atomic E-state index is 0.268. The fourth-order valence-corrected chi connectivity index (χ4v) is 2.05. The van der Waals surface area contributed by atoms with Crippen molar-refractivity contribution in [3.05, 3.63) is 46.9 Å². The zero-order valence-electron chi connectivity index (χ0n) is 12.9. The van der Waals surface area contributed by atoms with Crippen molar-refractivity contribution in [2.45, 2.75) is 33.2 Å². The molecule has 116 valence electrons. The topological polar surface area (TPSA) is 66.9 Å². The predicted octanol–water partition coefficient (Wildman–Crippen LogP) is 3.90. The Hall–Kier alpha value is -2.14. The van der Waals surface area contributed by atoms with Crippen molar-refractivity contribution in [1.29, 1.82) is 0 Å². The Bertz CT molecular complexity index is 658. The van der Waals surface area contributed by atoms with Gasteiger partial charge in [-0.1, -0.05) is 18.5 Å². The van der Waals surface area contributed by atoms with Crippen molar-refractivity contribution in [3.63, 3.8) is 0 Å². The number of aryl methyl sites for hydroxylation is 1. The molecule has 1 atom stereocenters. The van der Waals surface area contributed by atoms with Crippen LogP contribution in [0.4, 0.5) is 11.5 Å². The normalized spacial score (nSPS) is 11.8. The van der Waals surface area contributed by atoms with E-state index in [-0.39, 0.29) is 11.6 Å². The average Bonchev–Trinajstić information content (AvgIpc) is 2.50. The third kappa shape index (κ3) is 4.18. The van der Waals surface area contributed by atoms with E-state index in [9.17, 15) is 4.79 Å². The lowest BCUT2D eigenvalue weighted by molar-refractivity contribution is 0.102. The molecule has 0 bridgehead atoms. The summed E-state index contributed by atoms with van der Waals surface area (Å²) in [5.41, 5.74) is 1.87. The summed E-state index contributed by atoms with van der Waals surface area (Å²) < 4.78 is 0. The fourth-order valence-electron chi connectivity index (χ4n) is 1.83. The molecule has 0 aliphatic heterocycles. The van der Waals surface area contributed by atoms with Gasteiger partial charge in [0.15, 0.2) is 0 Å². The molecule has 2 rings (SSSR count). The molecule has 0 saturated carbocycles. The monoisotopic (exact) mass is 318 g/mol. The largest absolute Gasteiger partial charge is 0.366 e. The molecule has 2 aromatic rings. The number of hydrogen-bond donors (Lipinski definition) is 2. The Morgan fingerprint density at radius 3 is 2.68 bits per heavy atom. The summed E-state index contributed by atoms with van der Waals surface area (Å²) in [5, 5.41) is 6.64. The van der Waals surface area contributed by atoms with Gasteiger partial charge in [0.25, 0.3) is 5.91 Å². The van der Waals surface area contributed by atoms with E-state index in [4.69, 9.17) is 11.6 Å². The van der Waals surface area contributed by atoms with Gasteiger partial charge in [0.1, 0.15) is 11.5 Å². The highest BCUT2D eigenvalue weighted by Crippen LogP contribution is 2.20. The smallest absolute Gasteiger partial charge is 0.275 e. The van der Waals surface area contributed by atoms with Crippen molar-refractivity contribution >= 4 is 29.0 Å². The van der Waals surface area contributed by atoms with Crippen LogP contribution in [0.2, 0.25) is 5.02 Å². The molecule has 0 aliphatic carbocycles. The molecule has 5 nitrogen and oxygen atoms in total. The van der Waals surface area contributed by atoms with Crippen LogP contribution >= 0.6 is 11.6 Å². The second-order valence-corrected chi connectivity index (χ2v) is 5.59. The van der Waals surface area contributed by atoms with Crippen LogP contribution in [0.1, 0.15) is 36.3 Å². The Kier molecular flexibility index (Phi) is 5.33. The van der Waals surface area contributed by atoms with Gasteiger partial charge in [-0.3, -0.25) is 4.79 Å². The maximum absolute atomic E-state index is 12.2. The highest BCUT2D eigenvalue weighted by atomic mass is 35.5. The number of rotatable bonds is 5. The second-order valence-electron chi connectivity index (χ2n) is 5.15. The Balaban J connectivity index is 2.06. The second kappa shape index (κ2) is 7.22. The predicted molar refractivity (Wildman–Crippen MR) is 89.5 cm³/mol. The number of amides is 1. The first-order valence-electron chi connectivity index (χ1n) is 7.15. The molecular formula is C16H19ClN4O. The van der Waals surface area contributed by atoms with Crippen LogP contribution in [0.25, 0.3) is 0 Å². The maximum Gasteiger partial charge on any atom is 0.275 e. The van der Waals surface area contributed by atoms with Crippen LogP contribution in [0.3, 0.4) is 0 Å². The van der Waals surface area contributed by atoms with Crippen LogP contribution in [0.15, 0.2) is 30.6 Å². The number of anilines is 2. The Morgan fingerprint density at radius 1 is 1.32 bits per heavy atom. The number of halogens is 1. The van der Waals surface area contributed by atoms with Gasteiger partial charge in [0.05, 0.1) is 12.4 Å². The van der Waals surface area contributed by atoms with Gasteiger partial charge in [-0.25, -0.2) is 9.97 Å². The molecule has 2 N–H and O–H groups in total. The molecular weight excluding hydrogens is 300 g/mol. The van der Waals surface area contributed by atoms with E-state index < -0.39 is 0 Å². The van der Waals surface area contributed by atoms with Crippen molar-refractivity contribution in [3.8, 4) is 0 Å². The van der Waals surface area contributed by atoms with E-state index in [1.165, 1.54) is 6.20 Å². The van der Waals surface area contributed by atoms with E-state index in [1.807, 2.05) is 6.92 Å². The first-order valence-corrected chi connectivity index (χ1v) is 7.53. The van der Waals surface area contributed by atoms with Gasteiger partial charge in [0, 0.05) is 16.8 Å². The summed E-state index contributed by atoms with van der Waals surface area (Å²) in [6, 6.07) is 5.60. The summed E-state index contributed by atoms with van der Waals surface area (Å²) in [7, 11) is 0. The minimum Gasteiger partial charge on any atom is -0.366 e. The van der Waals surface area contributed by atoms with Crippen molar-refractivity contribution < 1.29 is 4.79 Å². The SMILES string of the molecule is CCC(C)Nc1cnc(C(=O)Nc2ccc(Cl)cc2C)cn1. The summed E-state index contributed by atoms with van der Waals surface area (Å²) in [4.78, 5) is 20.5. The van der Waals surface area contributed by atoms with Crippen LogP contribution in [0, 0.1) is 6.92 Å². The molecule has 1 heterocycles. The van der Waals surface area contributed by atoms with E-state index in [2.05, 4.69) is 34.4 Å². The first kappa shape index (κ1) is 16.2. The lowest BCUT2D eigenvalue weighted by Crippen LogP contribution is -2.17. The van der Waals surface area contributed by atoms with Crippen LogP contribution < -0.4 is 10.6 Å². The Morgan fingerprint density at radius 2 is 2.09 bits per heavy atom. The molecule has 1 unspecified atom stereocenters. The number of nitrogens with one attached hydrogen (secondary N) is 2. The molecule has 0 saturated heterocycles. The summed E-state index contributed by atoms with van der Waals surface area (Å²) in [6.45, 7) is 6.03. The number of aromatic nitrogens is 2. The highest BCUT2D eigenvalue weighted by Gasteiger charge is 2.10. The number of nitrogens with zero attached hydrogens (tertiary/aromatic N) is 2. The van der Waals surface area contributed by atoms with Gasteiger partial charge in [-0.15, -0.1) is 0 Å². The number of hydrogen-bond acceptors (Lipinski definition) is 4. The van der Waals surface area contributed by atoms with Crippen molar-refractivity contribution in [1.82, 2.24) is 9.97 Å². The fraction of sp³-hybridized carbons (Fsp3) is 0.312. The van der Waals surface area contributed by atoms with E-state index >= 15 is 0 Å². The van der Waals surface area contributed by atoms with Crippen LogP contribution in [-0.4, -0.2) is 21.9 Å². The molecule has 1 amide bonds. The Labute approximate surface area is 135 Å². The summed E-state index contributed by atoms with van der Waals surface area (Å²) >= 11 is 5.90. The summed E-state index contributed by atoms with van der Waals surface area (Å²) in [5.74, 6) is 0.363. The number of benzene rings is 1. The van der Waals surface area contributed by atoms with Crippen LogP contribution in [0.5, 0.6) is 0 Å². The summed E-state index contributed by atoms with van der Waals surface area (Å²) in [6.07, 6.45) is 4.01. The van der Waals surface area contributed by atoms with E-state index in [0.717, 1.165) is 12.0 Å². The van der Waals surface area contributed by atoms with Gasteiger partial charge < -0.3 is 10.6 Å². The van der Waals surface area contributed by atoms with Crippen LogP contribution in [-0.2, 0) is 0 Å². The average molecular weight is 319 g/mol.